The summed E-state index contributed by atoms with van der Waals surface area (Å²) in [6, 6.07) is 17.1. The molecule has 0 N–H and O–H groups in total. The van der Waals surface area contributed by atoms with Crippen LogP contribution in [0.5, 0.6) is 0 Å². The van der Waals surface area contributed by atoms with Crippen molar-refractivity contribution in [1.29, 1.82) is 0 Å². The standard InChI is InChI=1S/C22H14F3N3O2/c1-13(29)27-16-5-2-3-6-17(16)30-19-8-4-7-18-26-20(21(27)28(18)19)14-9-11-15(12-10-14)22(23,24)25/h2-12H,1H3. The van der Waals surface area contributed by atoms with Gasteiger partial charge in [0, 0.05) is 12.5 Å². The summed E-state index contributed by atoms with van der Waals surface area (Å²) in [5, 5.41) is 0. The Morgan fingerprint density at radius 2 is 1.70 bits per heavy atom. The van der Waals surface area contributed by atoms with E-state index in [0.717, 1.165) is 12.1 Å². The molecule has 0 saturated heterocycles. The van der Waals surface area contributed by atoms with Gasteiger partial charge in [-0.2, -0.15) is 13.2 Å². The Morgan fingerprint density at radius 3 is 2.40 bits per heavy atom. The maximum absolute atomic E-state index is 13.0. The normalized spacial score (nSPS) is 12.1. The number of benzene rings is 2. The quantitative estimate of drug-likeness (QED) is 0.344. The van der Waals surface area contributed by atoms with Crippen molar-refractivity contribution in [1.82, 2.24) is 14.0 Å². The molecule has 0 aliphatic heterocycles. The third-order valence-electron chi connectivity index (χ3n) is 4.92. The number of fused-ring (bicyclic) bond motifs is 1. The molecule has 0 bridgehead atoms. The second kappa shape index (κ2) is 6.35. The highest BCUT2D eigenvalue weighted by molar-refractivity contribution is 5.96. The van der Waals surface area contributed by atoms with Gasteiger partial charge < -0.3 is 4.42 Å². The summed E-state index contributed by atoms with van der Waals surface area (Å²) in [5.74, 6) is -0.280. The summed E-state index contributed by atoms with van der Waals surface area (Å²) in [6.07, 6.45) is -4.44. The summed E-state index contributed by atoms with van der Waals surface area (Å²) in [7, 11) is 0. The lowest BCUT2D eigenvalue weighted by atomic mass is 10.1. The number of hydrogen-bond acceptors (Lipinski definition) is 3. The molecule has 30 heavy (non-hydrogen) atoms. The molecule has 0 atom stereocenters. The molecule has 150 valence electrons. The monoisotopic (exact) mass is 409 g/mol. The van der Waals surface area contributed by atoms with E-state index in [1.54, 1.807) is 46.9 Å². The topological polar surface area (TPSA) is 52.4 Å². The summed E-state index contributed by atoms with van der Waals surface area (Å²) in [5.41, 5.74) is 2.47. The van der Waals surface area contributed by atoms with Crippen molar-refractivity contribution in [2.24, 2.45) is 0 Å². The van der Waals surface area contributed by atoms with Crippen LogP contribution >= 0.6 is 0 Å². The number of nitrogens with zero attached hydrogens (tertiary/aromatic N) is 3. The lowest BCUT2D eigenvalue weighted by Gasteiger charge is -2.08. The fourth-order valence-electron chi connectivity index (χ4n) is 3.62. The van der Waals surface area contributed by atoms with Gasteiger partial charge in [-0.1, -0.05) is 30.3 Å². The molecular formula is C22H14F3N3O2. The minimum atomic E-state index is -4.44. The number of para-hydroxylation sites is 2. The van der Waals surface area contributed by atoms with E-state index in [-0.39, 0.29) is 5.91 Å². The van der Waals surface area contributed by atoms with Crippen LogP contribution in [0.25, 0.3) is 39.4 Å². The molecular weight excluding hydrogens is 395 g/mol. The van der Waals surface area contributed by atoms with Crippen LogP contribution in [0.1, 0.15) is 17.3 Å². The Hall–Kier alpha value is -3.81. The molecule has 0 spiro atoms. The van der Waals surface area contributed by atoms with E-state index in [2.05, 4.69) is 4.98 Å². The van der Waals surface area contributed by atoms with E-state index < -0.39 is 11.7 Å². The van der Waals surface area contributed by atoms with Crippen molar-refractivity contribution in [2.75, 3.05) is 0 Å². The van der Waals surface area contributed by atoms with Crippen molar-refractivity contribution in [3.63, 3.8) is 0 Å². The van der Waals surface area contributed by atoms with E-state index in [1.807, 2.05) is 0 Å². The Balaban J connectivity index is 1.95. The first-order valence-corrected chi connectivity index (χ1v) is 9.11. The SMILES string of the molecule is CC(=O)n1c2ccccc2oc2cccc3nc(-c4ccc(C(F)(F)F)cc4)c1n32. The van der Waals surface area contributed by atoms with Crippen LogP contribution in [0.3, 0.4) is 0 Å². The van der Waals surface area contributed by atoms with Gasteiger partial charge in [0.05, 0.1) is 11.1 Å². The van der Waals surface area contributed by atoms with E-state index in [1.165, 1.54) is 23.6 Å². The molecule has 5 aromatic rings. The number of alkyl halides is 3. The van der Waals surface area contributed by atoms with Gasteiger partial charge >= 0.3 is 6.18 Å². The largest absolute Gasteiger partial charge is 0.438 e. The van der Waals surface area contributed by atoms with Crippen molar-refractivity contribution in [3.8, 4) is 11.3 Å². The first-order valence-electron chi connectivity index (χ1n) is 9.11. The summed E-state index contributed by atoms with van der Waals surface area (Å²) in [6.45, 7) is 1.42. The number of carbonyl (C=O) groups excluding carboxylic acids is 1. The Morgan fingerprint density at radius 1 is 0.967 bits per heavy atom. The van der Waals surface area contributed by atoms with Gasteiger partial charge in [0.1, 0.15) is 11.3 Å². The van der Waals surface area contributed by atoms with Gasteiger partial charge in [-0.15, -0.1) is 0 Å². The minimum absolute atomic E-state index is 0.280. The smallest absolute Gasteiger partial charge is 0.416 e. The van der Waals surface area contributed by atoms with Crippen LogP contribution < -0.4 is 0 Å². The predicted octanol–water partition coefficient (Wildman–Crippen LogP) is 5.94. The molecule has 2 aromatic carbocycles. The number of pyridine rings is 1. The van der Waals surface area contributed by atoms with Crippen molar-refractivity contribution in [2.45, 2.75) is 13.1 Å². The van der Waals surface area contributed by atoms with Crippen LogP contribution in [-0.2, 0) is 6.18 Å². The number of aromatic nitrogens is 3. The number of carbonyl (C=O) groups is 1. The second-order valence-corrected chi connectivity index (χ2v) is 6.84. The zero-order valence-electron chi connectivity index (χ0n) is 15.6. The molecule has 0 aliphatic carbocycles. The van der Waals surface area contributed by atoms with E-state index in [4.69, 9.17) is 4.42 Å². The number of halogens is 3. The predicted molar refractivity (Wildman–Crippen MR) is 106 cm³/mol. The molecule has 0 radical (unpaired) electrons. The fraction of sp³-hybridized carbons (Fsp3) is 0.0909. The average Bonchev–Trinajstić information content (AvgIpc) is 3.01. The third-order valence-corrected chi connectivity index (χ3v) is 4.92. The minimum Gasteiger partial charge on any atom is -0.438 e. The molecule has 0 saturated carbocycles. The summed E-state index contributed by atoms with van der Waals surface area (Å²) in [4.78, 5) is 17.3. The van der Waals surface area contributed by atoms with Crippen LogP contribution in [0, 0.1) is 0 Å². The first-order chi connectivity index (χ1) is 14.3. The van der Waals surface area contributed by atoms with Gasteiger partial charge in [0.25, 0.3) is 0 Å². The molecule has 3 heterocycles. The van der Waals surface area contributed by atoms with Crippen LogP contribution in [0.4, 0.5) is 13.2 Å². The Kier molecular flexibility index (Phi) is 3.86. The van der Waals surface area contributed by atoms with Gasteiger partial charge in [-0.25, -0.2) is 9.38 Å². The zero-order valence-corrected chi connectivity index (χ0v) is 15.6. The lowest BCUT2D eigenvalue weighted by Crippen LogP contribution is -2.09. The highest BCUT2D eigenvalue weighted by Crippen LogP contribution is 2.33. The molecule has 3 aromatic heterocycles. The molecule has 8 heteroatoms. The molecule has 0 aliphatic rings. The van der Waals surface area contributed by atoms with Crippen molar-refractivity contribution < 1.29 is 22.4 Å². The molecule has 0 unspecified atom stereocenters. The van der Waals surface area contributed by atoms with E-state index in [0.29, 0.717) is 39.4 Å². The second-order valence-electron chi connectivity index (χ2n) is 6.84. The Labute approximate surface area is 167 Å². The fourth-order valence-corrected chi connectivity index (χ4v) is 3.62. The van der Waals surface area contributed by atoms with E-state index >= 15 is 0 Å². The van der Waals surface area contributed by atoms with Gasteiger partial charge in [-0.05, 0) is 36.4 Å². The molecule has 5 nitrogen and oxygen atoms in total. The zero-order chi connectivity index (χ0) is 21.0. The van der Waals surface area contributed by atoms with Gasteiger partial charge in [0.2, 0.25) is 11.6 Å². The molecule has 0 fully saturated rings. The maximum atomic E-state index is 13.0. The van der Waals surface area contributed by atoms with E-state index in [9.17, 15) is 18.0 Å². The van der Waals surface area contributed by atoms with Crippen LogP contribution in [-0.4, -0.2) is 19.9 Å². The van der Waals surface area contributed by atoms with Gasteiger partial charge in [-0.3, -0.25) is 9.36 Å². The molecule has 0 amide bonds. The number of hydrogen-bond donors (Lipinski definition) is 0. The van der Waals surface area contributed by atoms with Crippen LogP contribution in [0.2, 0.25) is 0 Å². The highest BCUT2D eigenvalue weighted by Gasteiger charge is 2.30. The first kappa shape index (κ1) is 18.2. The Bertz CT molecular complexity index is 1450. The van der Waals surface area contributed by atoms with Crippen molar-refractivity contribution in [3.05, 3.63) is 72.3 Å². The van der Waals surface area contributed by atoms with Crippen LogP contribution in [0.15, 0.2) is 71.1 Å². The maximum Gasteiger partial charge on any atom is 0.416 e. The highest BCUT2D eigenvalue weighted by atomic mass is 19.4. The lowest BCUT2D eigenvalue weighted by molar-refractivity contribution is -0.137. The summed E-state index contributed by atoms with van der Waals surface area (Å²) >= 11 is 0. The number of rotatable bonds is 1. The van der Waals surface area contributed by atoms with Crippen molar-refractivity contribution >= 4 is 34.0 Å². The third kappa shape index (κ3) is 2.72. The summed E-state index contributed by atoms with van der Waals surface area (Å²) < 4.78 is 48.2. The van der Waals surface area contributed by atoms with Gasteiger partial charge in [0.15, 0.2) is 11.2 Å². The molecule has 5 rings (SSSR count). The average molecular weight is 409 g/mol. The number of imidazole rings is 1.